The Hall–Kier alpha value is -2.74. The molecule has 8 heteroatoms. The van der Waals surface area contributed by atoms with Gasteiger partial charge in [0.25, 0.3) is 0 Å². The van der Waals surface area contributed by atoms with Crippen LogP contribution < -0.4 is 19.1 Å². The topological polar surface area (TPSA) is 84.9 Å². The van der Waals surface area contributed by atoms with Crippen molar-refractivity contribution in [1.29, 1.82) is 0 Å². The number of rotatable bonds is 6. The van der Waals surface area contributed by atoms with Gasteiger partial charge in [-0.05, 0) is 56.5 Å². The van der Waals surface area contributed by atoms with Gasteiger partial charge in [0.15, 0.2) is 11.5 Å². The van der Waals surface area contributed by atoms with Gasteiger partial charge in [-0.15, -0.1) is 0 Å². The minimum atomic E-state index is -3.73. The van der Waals surface area contributed by atoms with Crippen molar-refractivity contribution in [3.63, 3.8) is 0 Å². The molecular weight excluding hydrogens is 404 g/mol. The minimum absolute atomic E-state index is 0.263. The average Bonchev–Trinajstić information content (AvgIpc) is 2.68. The lowest BCUT2D eigenvalue weighted by Crippen LogP contribution is -2.48. The number of amides is 1. The van der Waals surface area contributed by atoms with E-state index in [9.17, 15) is 13.2 Å². The molecule has 0 aromatic heterocycles. The molecule has 30 heavy (non-hydrogen) atoms. The van der Waals surface area contributed by atoms with Gasteiger partial charge in [-0.25, -0.2) is 8.42 Å². The Morgan fingerprint density at radius 3 is 2.30 bits per heavy atom. The Balaban J connectivity index is 1.84. The van der Waals surface area contributed by atoms with Crippen molar-refractivity contribution in [2.45, 2.75) is 39.8 Å². The lowest BCUT2D eigenvalue weighted by atomic mass is 10.0. The Bertz CT molecular complexity index is 1050. The fourth-order valence-corrected chi connectivity index (χ4v) is 4.60. The highest BCUT2D eigenvalue weighted by atomic mass is 32.2. The first-order chi connectivity index (χ1) is 14.1. The molecule has 0 unspecified atom stereocenters. The molecule has 1 heterocycles. The number of ether oxygens (including phenoxy) is 2. The monoisotopic (exact) mass is 432 g/mol. The first kappa shape index (κ1) is 22.0. The van der Waals surface area contributed by atoms with E-state index in [1.807, 2.05) is 39.0 Å². The van der Waals surface area contributed by atoms with Crippen LogP contribution in [0.3, 0.4) is 0 Å². The molecule has 1 amide bonds. The van der Waals surface area contributed by atoms with E-state index in [-0.39, 0.29) is 11.9 Å². The first-order valence-electron chi connectivity index (χ1n) is 9.84. The highest BCUT2D eigenvalue weighted by Gasteiger charge is 2.31. The number of sulfonamides is 1. The zero-order chi connectivity index (χ0) is 22.1. The van der Waals surface area contributed by atoms with Gasteiger partial charge < -0.3 is 14.8 Å². The molecule has 0 fully saturated rings. The highest BCUT2D eigenvalue weighted by Crippen LogP contribution is 2.35. The second kappa shape index (κ2) is 8.55. The summed E-state index contributed by atoms with van der Waals surface area (Å²) in [6.45, 7) is 8.32. The zero-order valence-corrected chi connectivity index (χ0v) is 18.7. The molecule has 162 valence electrons. The highest BCUT2D eigenvalue weighted by molar-refractivity contribution is 7.92. The van der Waals surface area contributed by atoms with E-state index in [2.05, 4.69) is 5.32 Å². The van der Waals surface area contributed by atoms with Gasteiger partial charge in [0.05, 0.1) is 18.0 Å². The van der Waals surface area contributed by atoms with Crippen molar-refractivity contribution >= 4 is 21.6 Å². The van der Waals surface area contributed by atoms with Crippen LogP contribution in [0.5, 0.6) is 11.5 Å². The average molecular weight is 433 g/mol. The summed E-state index contributed by atoms with van der Waals surface area (Å²) < 4.78 is 37.3. The zero-order valence-electron chi connectivity index (χ0n) is 17.9. The van der Waals surface area contributed by atoms with Gasteiger partial charge in [-0.1, -0.05) is 18.2 Å². The standard InChI is InChI=1S/C22H28N2O5S/c1-14-6-7-18(12-15(14)2)16(3)23-22(25)17(4)24(30(5,26)27)19-8-9-20-21(13-19)29-11-10-28-20/h6-9,12-13,16-17H,10-11H2,1-5H3,(H,23,25)/t16-,17+/m0/s1. The number of nitrogens with zero attached hydrogens (tertiary/aromatic N) is 1. The molecule has 0 aliphatic carbocycles. The number of nitrogens with one attached hydrogen (secondary N) is 1. The Kier molecular flexibility index (Phi) is 6.26. The summed E-state index contributed by atoms with van der Waals surface area (Å²) in [7, 11) is -3.73. The summed E-state index contributed by atoms with van der Waals surface area (Å²) in [5.41, 5.74) is 3.62. The van der Waals surface area contributed by atoms with E-state index in [1.54, 1.807) is 25.1 Å². The van der Waals surface area contributed by atoms with Crippen LogP contribution in [0.15, 0.2) is 36.4 Å². The van der Waals surface area contributed by atoms with E-state index >= 15 is 0 Å². The molecular formula is C22H28N2O5S. The molecule has 1 N–H and O–H groups in total. The van der Waals surface area contributed by atoms with E-state index in [4.69, 9.17) is 9.47 Å². The SMILES string of the molecule is Cc1ccc([C@H](C)NC(=O)[C@@H](C)N(c2ccc3c(c2)OCCO3)S(C)(=O)=O)cc1C. The van der Waals surface area contributed by atoms with Gasteiger partial charge in [0, 0.05) is 6.07 Å². The summed E-state index contributed by atoms with van der Waals surface area (Å²) in [6, 6.07) is 9.65. The fourth-order valence-electron chi connectivity index (χ4n) is 3.43. The van der Waals surface area contributed by atoms with Crippen LogP contribution in [0.25, 0.3) is 0 Å². The van der Waals surface area contributed by atoms with Crippen molar-refractivity contribution in [2.75, 3.05) is 23.8 Å². The molecule has 1 aliphatic heterocycles. The summed E-state index contributed by atoms with van der Waals surface area (Å²) in [6.07, 6.45) is 1.08. The number of carbonyl (C=O) groups excluding carboxylic acids is 1. The van der Waals surface area contributed by atoms with Crippen LogP contribution in [-0.4, -0.2) is 39.8 Å². The molecule has 0 saturated carbocycles. The molecule has 2 atom stereocenters. The normalized spacial score (nSPS) is 15.2. The van der Waals surface area contributed by atoms with Gasteiger partial charge >= 0.3 is 0 Å². The third-order valence-corrected chi connectivity index (χ3v) is 6.50. The van der Waals surface area contributed by atoms with Crippen LogP contribution >= 0.6 is 0 Å². The third kappa shape index (κ3) is 4.70. The molecule has 7 nitrogen and oxygen atoms in total. The molecule has 0 spiro atoms. The predicted octanol–water partition coefficient (Wildman–Crippen LogP) is 3.11. The van der Waals surface area contributed by atoms with Crippen molar-refractivity contribution in [3.8, 4) is 11.5 Å². The maximum Gasteiger partial charge on any atom is 0.244 e. The Morgan fingerprint density at radius 1 is 1.00 bits per heavy atom. The lowest BCUT2D eigenvalue weighted by molar-refractivity contribution is -0.122. The largest absolute Gasteiger partial charge is 0.486 e. The first-order valence-corrected chi connectivity index (χ1v) is 11.7. The van der Waals surface area contributed by atoms with Gasteiger partial charge in [-0.2, -0.15) is 0 Å². The number of aryl methyl sites for hydroxylation is 2. The lowest BCUT2D eigenvalue weighted by Gasteiger charge is -2.30. The fraction of sp³-hybridized carbons (Fsp3) is 0.409. The van der Waals surface area contributed by atoms with Crippen LogP contribution in [0, 0.1) is 13.8 Å². The smallest absolute Gasteiger partial charge is 0.244 e. The molecule has 0 saturated heterocycles. The van der Waals surface area contributed by atoms with Crippen LogP contribution in [-0.2, 0) is 14.8 Å². The summed E-state index contributed by atoms with van der Waals surface area (Å²) in [5.74, 6) is 0.628. The van der Waals surface area contributed by atoms with Gasteiger partial charge in [-0.3, -0.25) is 9.10 Å². The number of hydrogen-bond acceptors (Lipinski definition) is 5. The Labute approximate surface area is 178 Å². The molecule has 0 bridgehead atoms. The molecule has 2 aromatic carbocycles. The number of fused-ring (bicyclic) bond motifs is 1. The maximum atomic E-state index is 13.0. The van der Waals surface area contributed by atoms with E-state index in [1.165, 1.54) is 5.56 Å². The number of anilines is 1. The second-order valence-electron chi connectivity index (χ2n) is 7.64. The van der Waals surface area contributed by atoms with Crippen LogP contribution in [0.4, 0.5) is 5.69 Å². The van der Waals surface area contributed by atoms with Gasteiger partial charge in [0.2, 0.25) is 15.9 Å². The number of benzene rings is 2. The third-order valence-electron chi connectivity index (χ3n) is 5.26. The Morgan fingerprint density at radius 2 is 1.67 bits per heavy atom. The molecule has 2 aromatic rings. The van der Waals surface area contributed by atoms with Crippen LogP contribution in [0.1, 0.15) is 36.6 Å². The second-order valence-corrected chi connectivity index (χ2v) is 9.50. The minimum Gasteiger partial charge on any atom is -0.486 e. The van der Waals surface area contributed by atoms with Crippen molar-refractivity contribution in [1.82, 2.24) is 5.32 Å². The molecule has 1 aliphatic rings. The number of carbonyl (C=O) groups is 1. The van der Waals surface area contributed by atoms with E-state index < -0.39 is 16.1 Å². The summed E-state index contributed by atoms with van der Waals surface area (Å²) in [5, 5.41) is 2.93. The summed E-state index contributed by atoms with van der Waals surface area (Å²) >= 11 is 0. The van der Waals surface area contributed by atoms with Crippen molar-refractivity contribution < 1.29 is 22.7 Å². The van der Waals surface area contributed by atoms with E-state index in [0.717, 1.165) is 21.7 Å². The quantitative estimate of drug-likeness (QED) is 0.758. The summed E-state index contributed by atoms with van der Waals surface area (Å²) in [4.78, 5) is 13.0. The van der Waals surface area contributed by atoms with Gasteiger partial charge in [0.1, 0.15) is 19.3 Å². The van der Waals surface area contributed by atoms with Crippen LogP contribution in [0.2, 0.25) is 0 Å². The predicted molar refractivity (Wildman–Crippen MR) is 117 cm³/mol. The van der Waals surface area contributed by atoms with Crippen molar-refractivity contribution in [3.05, 3.63) is 53.1 Å². The number of hydrogen-bond donors (Lipinski definition) is 1. The van der Waals surface area contributed by atoms with E-state index in [0.29, 0.717) is 30.4 Å². The maximum absolute atomic E-state index is 13.0. The van der Waals surface area contributed by atoms with Crippen molar-refractivity contribution in [2.24, 2.45) is 0 Å². The molecule has 0 radical (unpaired) electrons. The molecule has 3 rings (SSSR count).